The SMILES string of the molecule is CC(C)(C)OC(=O)N1C(=O)[C@H]2C[C@@H]1C=C2Br. The van der Waals surface area contributed by atoms with Crippen LogP contribution in [0, 0.1) is 5.92 Å². The van der Waals surface area contributed by atoms with Crippen molar-refractivity contribution in [3.63, 3.8) is 0 Å². The summed E-state index contributed by atoms with van der Waals surface area (Å²) in [5.74, 6) is -0.342. The average molecular weight is 288 g/mol. The van der Waals surface area contributed by atoms with Crippen molar-refractivity contribution in [2.24, 2.45) is 5.92 Å². The van der Waals surface area contributed by atoms with Gasteiger partial charge in [-0.2, -0.15) is 0 Å². The minimum atomic E-state index is -0.569. The second-order valence-corrected chi connectivity index (χ2v) is 6.01. The van der Waals surface area contributed by atoms with Crippen LogP contribution < -0.4 is 0 Å². The van der Waals surface area contributed by atoms with E-state index in [1.165, 1.54) is 4.90 Å². The zero-order valence-electron chi connectivity index (χ0n) is 9.49. The number of amides is 2. The Morgan fingerprint density at radius 2 is 2.19 bits per heavy atom. The molecule has 2 amide bonds. The van der Waals surface area contributed by atoms with Crippen LogP contribution in [-0.4, -0.2) is 28.5 Å². The van der Waals surface area contributed by atoms with E-state index in [1.807, 2.05) is 6.08 Å². The molecule has 16 heavy (non-hydrogen) atoms. The number of carbonyl (C=O) groups excluding carboxylic acids is 2. The molecule has 5 heteroatoms. The quantitative estimate of drug-likeness (QED) is 0.687. The number of imide groups is 1. The first kappa shape index (κ1) is 11.6. The Hall–Kier alpha value is -0.840. The van der Waals surface area contributed by atoms with Gasteiger partial charge >= 0.3 is 6.09 Å². The highest BCUT2D eigenvalue weighted by Crippen LogP contribution is 2.41. The zero-order valence-corrected chi connectivity index (χ0v) is 11.1. The molecule has 0 radical (unpaired) electrons. The molecule has 0 N–H and O–H groups in total. The molecule has 1 aliphatic carbocycles. The number of halogens is 1. The second kappa shape index (κ2) is 3.58. The summed E-state index contributed by atoms with van der Waals surface area (Å²) in [6.07, 6.45) is 2.04. The molecule has 1 fully saturated rings. The van der Waals surface area contributed by atoms with Crippen LogP contribution in [0.4, 0.5) is 4.79 Å². The number of rotatable bonds is 0. The fourth-order valence-electron chi connectivity index (χ4n) is 1.99. The van der Waals surface area contributed by atoms with Gasteiger partial charge in [0.15, 0.2) is 0 Å². The number of likely N-dealkylation sites (tertiary alicyclic amines) is 1. The van der Waals surface area contributed by atoms with Gasteiger partial charge < -0.3 is 4.74 Å². The molecular weight excluding hydrogens is 274 g/mol. The molecule has 2 rings (SSSR count). The Balaban J connectivity index is 2.13. The van der Waals surface area contributed by atoms with Crippen LogP contribution in [0.2, 0.25) is 0 Å². The Labute approximate surface area is 103 Å². The maximum absolute atomic E-state index is 11.9. The van der Waals surface area contributed by atoms with Gasteiger partial charge in [-0.3, -0.25) is 4.79 Å². The summed E-state index contributed by atoms with van der Waals surface area (Å²) in [5, 5.41) is 0. The molecule has 2 aliphatic rings. The molecular formula is C11H14BrNO3. The first-order chi connectivity index (χ1) is 7.29. The first-order valence-corrected chi connectivity index (χ1v) is 6.02. The van der Waals surface area contributed by atoms with Gasteiger partial charge in [0.05, 0.1) is 12.0 Å². The van der Waals surface area contributed by atoms with Crippen molar-refractivity contribution in [1.29, 1.82) is 0 Å². The third-order valence-electron chi connectivity index (χ3n) is 2.62. The summed E-state index contributed by atoms with van der Waals surface area (Å²) >= 11 is 3.34. The van der Waals surface area contributed by atoms with Crippen molar-refractivity contribution in [3.05, 3.63) is 10.6 Å². The van der Waals surface area contributed by atoms with E-state index >= 15 is 0 Å². The van der Waals surface area contributed by atoms with Gasteiger partial charge in [0.2, 0.25) is 5.91 Å². The fraction of sp³-hybridized carbons (Fsp3) is 0.636. The van der Waals surface area contributed by atoms with E-state index in [1.54, 1.807) is 20.8 Å². The predicted octanol–water partition coefficient (Wildman–Crippen LogP) is 2.43. The number of ether oxygens (including phenoxy) is 1. The van der Waals surface area contributed by atoms with Gasteiger partial charge in [-0.05, 0) is 27.2 Å². The Bertz CT molecular complexity index is 383. The zero-order chi connectivity index (χ0) is 12.1. The van der Waals surface area contributed by atoms with Crippen LogP contribution in [0.3, 0.4) is 0 Å². The minimum absolute atomic E-state index is 0.137. The predicted molar refractivity (Wildman–Crippen MR) is 62.0 cm³/mol. The van der Waals surface area contributed by atoms with Crippen LogP contribution in [0.1, 0.15) is 27.2 Å². The van der Waals surface area contributed by atoms with Crippen molar-refractivity contribution in [1.82, 2.24) is 4.90 Å². The van der Waals surface area contributed by atoms with Gasteiger partial charge in [-0.1, -0.05) is 22.0 Å². The number of hydrogen-bond acceptors (Lipinski definition) is 3. The number of hydrogen-bond donors (Lipinski definition) is 0. The number of fused-ring (bicyclic) bond motifs is 2. The molecule has 1 aliphatic heterocycles. The van der Waals surface area contributed by atoms with Gasteiger partial charge in [-0.15, -0.1) is 0 Å². The largest absolute Gasteiger partial charge is 0.443 e. The molecule has 0 aromatic carbocycles. The molecule has 1 saturated heterocycles. The molecule has 2 bridgehead atoms. The molecule has 4 nitrogen and oxygen atoms in total. The van der Waals surface area contributed by atoms with Gasteiger partial charge in [0.1, 0.15) is 5.60 Å². The van der Waals surface area contributed by atoms with Gasteiger partial charge in [0, 0.05) is 4.48 Å². The van der Waals surface area contributed by atoms with E-state index in [0.717, 1.165) is 4.48 Å². The average Bonchev–Trinajstić information content (AvgIpc) is 2.56. The Morgan fingerprint density at radius 3 is 2.62 bits per heavy atom. The highest BCUT2D eigenvalue weighted by Gasteiger charge is 2.49. The van der Waals surface area contributed by atoms with Gasteiger partial charge in [0.25, 0.3) is 0 Å². The van der Waals surface area contributed by atoms with Crippen molar-refractivity contribution in [2.45, 2.75) is 38.8 Å². The first-order valence-electron chi connectivity index (χ1n) is 5.23. The summed E-state index contributed by atoms with van der Waals surface area (Å²) in [7, 11) is 0. The highest BCUT2D eigenvalue weighted by atomic mass is 79.9. The molecule has 0 spiro atoms. The van der Waals surface area contributed by atoms with Crippen molar-refractivity contribution in [2.75, 3.05) is 0 Å². The van der Waals surface area contributed by atoms with Crippen molar-refractivity contribution < 1.29 is 14.3 Å². The Kier molecular flexibility index (Phi) is 2.61. The maximum Gasteiger partial charge on any atom is 0.417 e. The lowest BCUT2D eigenvalue weighted by Crippen LogP contribution is -2.43. The standard InChI is InChI=1S/C11H14BrNO3/c1-11(2,3)16-10(15)13-6-4-7(9(13)14)8(12)5-6/h5-7H,4H2,1-3H3/t6-,7+/m1/s1. The fourth-order valence-corrected chi connectivity index (χ4v) is 2.68. The van der Waals surface area contributed by atoms with Gasteiger partial charge in [-0.25, -0.2) is 9.69 Å². The lowest BCUT2D eigenvalue weighted by atomic mass is 10.1. The Morgan fingerprint density at radius 1 is 1.56 bits per heavy atom. The lowest BCUT2D eigenvalue weighted by molar-refractivity contribution is -0.130. The van der Waals surface area contributed by atoms with Crippen molar-refractivity contribution >= 4 is 27.9 Å². The molecule has 0 aromatic rings. The molecule has 0 aromatic heterocycles. The van der Waals surface area contributed by atoms with E-state index in [0.29, 0.717) is 6.42 Å². The highest BCUT2D eigenvalue weighted by molar-refractivity contribution is 9.11. The summed E-state index contributed by atoms with van der Waals surface area (Å²) in [6.45, 7) is 5.36. The summed E-state index contributed by atoms with van der Waals surface area (Å²) in [5.41, 5.74) is -0.569. The maximum atomic E-state index is 11.9. The van der Waals surface area contributed by atoms with Crippen LogP contribution in [-0.2, 0) is 9.53 Å². The van der Waals surface area contributed by atoms with E-state index in [-0.39, 0.29) is 17.9 Å². The number of carbonyl (C=O) groups is 2. The third kappa shape index (κ3) is 1.88. The van der Waals surface area contributed by atoms with Crippen LogP contribution in [0.25, 0.3) is 0 Å². The molecule has 1 heterocycles. The molecule has 2 atom stereocenters. The lowest BCUT2D eigenvalue weighted by Gasteiger charge is -2.27. The summed E-state index contributed by atoms with van der Waals surface area (Å²) in [6, 6.07) is -0.137. The monoisotopic (exact) mass is 287 g/mol. The summed E-state index contributed by atoms with van der Waals surface area (Å²) < 4.78 is 6.09. The van der Waals surface area contributed by atoms with E-state index in [9.17, 15) is 9.59 Å². The minimum Gasteiger partial charge on any atom is -0.443 e. The molecule has 0 unspecified atom stereocenters. The molecule has 0 saturated carbocycles. The van der Waals surface area contributed by atoms with Crippen molar-refractivity contribution in [3.8, 4) is 0 Å². The normalized spacial score (nSPS) is 28.4. The van der Waals surface area contributed by atoms with Crippen LogP contribution in [0.5, 0.6) is 0 Å². The van der Waals surface area contributed by atoms with E-state index < -0.39 is 11.7 Å². The van der Waals surface area contributed by atoms with Crippen LogP contribution >= 0.6 is 15.9 Å². The van der Waals surface area contributed by atoms with E-state index in [2.05, 4.69) is 15.9 Å². The van der Waals surface area contributed by atoms with Crippen LogP contribution in [0.15, 0.2) is 10.6 Å². The number of nitrogens with zero attached hydrogens (tertiary/aromatic N) is 1. The smallest absolute Gasteiger partial charge is 0.417 e. The summed E-state index contributed by atoms with van der Waals surface area (Å²) in [4.78, 5) is 24.9. The van der Waals surface area contributed by atoms with E-state index in [4.69, 9.17) is 4.74 Å². The topological polar surface area (TPSA) is 46.6 Å². The third-order valence-corrected chi connectivity index (χ3v) is 3.44. The second-order valence-electron chi connectivity index (χ2n) is 5.10. The molecule has 88 valence electrons.